The van der Waals surface area contributed by atoms with Gasteiger partial charge in [-0.15, -0.1) is 0 Å². The second-order valence-electron chi connectivity index (χ2n) is 7.45. The largest absolute Gasteiger partial charge is 0.487 e. The molecule has 2 bridgehead atoms. The summed E-state index contributed by atoms with van der Waals surface area (Å²) in [6.07, 6.45) is 3.58. The smallest absolute Gasteiger partial charge is 0.272 e. The highest BCUT2D eigenvalue weighted by molar-refractivity contribution is 5.37. The molecule has 132 valence electrons. The second-order valence-corrected chi connectivity index (χ2v) is 7.45. The molecule has 0 unspecified atom stereocenters. The molecular weight excluding hydrogens is 315 g/mol. The summed E-state index contributed by atoms with van der Waals surface area (Å²) >= 11 is 0. The van der Waals surface area contributed by atoms with E-state index in [1.165, 1.54) is 12.1 Å². The predicted molar refractivity (Wildman–Crippen MR) is 86.5 cm³/mol. The number of piperidine rings is 1. The molecule has 24 heavy (non-hydrogen) atoms. The fourth-order valence-electron chi connectivity index (χ4n) is 3.90. The van der Waals surface area contributed by atoms with Gasteiger partial charge >= 0.3 is 0 Å². The predicted octanol–water partition coefficient (Wildman–Crippen LogP) is 2.88. The van der Waals surface area contributed by atoms with E-state index in [0.717, 1.165) is 31.7 Å². The van der Waals surface area contributed by atoms with Crippen molar-refractivity contribution in [2.24, 2.45) is 0 Å². The zero-order valence-electron chi connectivity index (χ0n) is 13.9. The van der Waals surface area contributed by atoms with Gasteiger partial charge in [-0.25, -0.2) is 4.39 Å². The molecule has 2 heterocycles. The number of hydrogen-bond acceptors (Lipinski definition) is 5. The number of halogens is 1. The third-order valence-electron chi connectivity index (χ3n) is 4.83. The number of nitro benzene ring substituents is 1. The SMILES string of the molecule is CC(C)(O)CN1[C@@H]2CC[C@H]1C[C@@H](Oc1ccc([N+](=O)[O-])cc1F)C2. The van der Waals surface area contributed by atoms with Crippen molar-refractivity contribution in [2.45, 2.75) is 63.3 Å². The lowest BCUT2D eigenvalue weighted by Gasteiger charge is -2.41. The fourth-order valence-corrected chi connectivity index (χ4v) is 3.90. The minimum absolute atomic E-state index is 0.0703. The van der Waals surface area contributed by atoms with Crippen LogP contribution in [0.5, 0.6) is 5.75 Å². The molecule has 6 nitrogen and oxygen atoms in total. The molecule has 1 N–H and O–H groups in total. The standard InChI is InChI=1S/C17H23FN2O4/c1-17(2,21)10-19-11-3-4-12(19)8-14(7-11)24-16-6-5-13(20(22)23)9-15(16)18/h5-6,9,11-12,14,21H,3-4,7-8,10H2,1-2H3/t11-,12+,14+. The first-order valence-electron chi connectivity index (χ1n) is 8.31. The maximum atomic E-state index is 14.0. The molecule has 3 rings (SSSR count). The van der Waals surface area contributed by atoms with Crippen LogP contribution in [0.3, 0.4) is 0 Å². The molecule has 0 spiro atoms. The monoisotopic (exact) mass is 338 g/mol. The Morgan fingerprint density at radius 3 is 2.50 bits per heavy atom. The number of hydrogen-bond donors (Lipinski definition) is 1. The Hall–Kier alpha value is -1.73. The highest BCUT2D eigenvalue weighted by atomic mass is 19.1. The molecular formula is C17H23FN2O4. The van der Waals surface area contributed by atoms with Crippen LogP contribution in [0.4, 0.5) is 10.1 Å². The lowest BCUT2D eigenvalue weighted by atomic mass is 9.97. The van der Waals surface area contributed by atoms with Crippen LogP contribution in [0.15, 0.2) is 18.2 Å². The lowest BCUT2D eigenvalue weighted by molar-refractivity contribution is -0.385. The van der Waals surface area contributed by atoms with Gasteiger partial charge in [0.2, 0.25) is 0 Å². The van der Waals surface area contributed by atoms with E-state index in [1.807, 2.05) is 0 Å². The van der Waals surface area contributed by atoms with Crippen molar-refractivity contribution in [3.8, 4) is 5.75 Å². The van der Waals surface area contributed by atoms with Crippen molar-refractivity contribution in [1.82, 2.24) is 4.90 Å². The second kappa shape index (κ2) is 6.29. The van der Waals surface area contributed by atoms with Crippen LogP contribution in [0, 0.1) is 15.9 Å². The van der Waals surface area contributed by atoms with Gasteiger partial charge < -0.3 is 9.84 Å². The van der Waals surface area contributed by atoms with E-state index in [2.05, 4.69) is 4.90 Å². The molecule has 0 aliphatic carbocycles. The quantitative estimate of drug-likeness (QED) is 0.660. The van der Waals surface area contributed by atoms with E-state index in [9.17, 15) is 19.6 Å². The van der Waals surface area contributed by atoms with Gasteiger partial charge in [0, 0.05) is 24.7 Å². The Kier molecular flexibility index (Phi) is 4.48. The Balaban J connectivity index is 1.66. The van der Waals surface area contributed by atoms with Crippen molar-refractivity contribution in [3.05, 3.63) is 34.1 Å². The molecule has 1 aromatic carbocycles. The number of fused-ring (bicyclic) bond motifs is 2. The van der Waals surface area contributed by atoms with Gasteiger partial charge in [-0.2, -0.15) is 0 Å². The number of nitrogens with zero attached hydrogens (tertiary/aromatic N) is 2. The molecule has 0 saturated carbocycles. The van der Waals surface area contributed by atoms with Crippen molar-refractivity contribution >= 4 is 5.69 Å². The van der Waals surface area contributed by atoms with E-state index < -0.39 is 16.3 Å². The first-order chi connectivity index (χ1) is 11.2. The van der Waals surface area contributed by atoms with Crippen molar-refractivity contribution < 1.29 is 19.2 Å². The number of non-ortho nitro benzene ring substituents is 1. The van der Waals surface area contributed by atoms with Gasteiger partial charge in [-0.1, -0.05) is 0 Å². The topological polar surface area (TPSA) is 75.8 Å². The number of rotatable bonds is 5. The number of benzene rings is 1. The molecule has 2 aliphatic heterocycles. The van der Waals surface area contributed by atoms with Crippen molar-refractivity contribution in [2.75, 3.05) is 6.54 Å². The third-order valence-corrected chi connectivity index (χ3v) is 4.83. The van der Waals surface area contributed by atoms with Crippen LogP contribution < -0.4 is 4.74 Å². The first-order valence-corrected chi connectivity index (χ1v) is 8.31. The first kappa shape index (κ1) is 17.1. The molecule has 0 aromatic heterocycles. The zero-order chi connectivity index (χ0) is 17.5. The lowest BCUT2D eigenvalue weighted by Crippen LogP contribution is -2.51. The molecule has 7 heteroatoms. The van der Waals surface area contributed by atoms with E-state index >= 15 is 0 Å². The summed E-state index contributed by atoms with van der Waals surface area (Å²) in [5.74, 6) is -0.628. The average molecular weight is 338 g/mol. The Bertz CT molecular complexity index is 618. The van der Waals surface area contributed by atoms with Crippen LogP contribution in [-0.4, -0.2) is 45.3 Å². The highest BCUT2D eigenvalue weighted by Gasteiger charge is 2.43. The molecule has 0 amide bonds. The van der Waals surface area contributed by atoms with E-state index in [4.69, 9.17) is 4.74 Å². The summed E-state index contributed by atoms with van der Waals surface area (Å²) in [6.45, 7) is 4.24. The molecule has 2 saturated heterocycles. The van der Waals surface area contributed by atoms with Gasteiger partial charge in [0.15, 0.2) is 11.6 Å². The van der Waals surface area contributed by atoms with Crippen LogP contribution in [0.25, 0.3) is 0 Å². The number of nitro groups is 1. The summed E-state index contributed by atoms with van der Waals surface area (Å²) < 4.78 is 19.8. The van der Waals surface area contributed by atoms with Gasteiger partial charge in [0.1, 0.15) is 6.10 Å². The van der Waals surface area contributed by atoms with Crippen LogP contribution in [0.1, 0.15) is 39.5 Å². The fraction of sp³-hybridized carbons (Fsp3) is 0.647. The van der Waals surface area contributed by atoms with Gasteiger partial charge in [-0.05, 0) is 45.6 Å². The van der Waals surface area contributed by atoms with Crippen LogP contribution in [-0.2, 0) is 0 Å². The van der Waals surface area contributed by atoms with Crippen LogP contribution in [0.2, 0.25) is 0 Å². The van der Waals surface area contributed by atoms with Gasteiger partial charge in [0.05, 0.1) is 16.6 Å². The van der Waals surface area contributed by atoms with Gasteiger partial charge in [-0.3, -0.25) is 15.0 Å². The third kappa shape index (κ3) is 3.67. The zero-order valence-corrected chi connectivity index (χ0v) is 13.9. The summed E-state index contributed by atoms with van der Waals surface area (Å²) in [5, 5.41) is 20.7. The maximum Gasteiger partial charge on any atom is 0.272 e. The van der Waals surface area contributed by atoms with E-state index in [1.54, 1.807) is 13.8 Å². The Morgan fingerprint density at radius 1 is 1.38 bits per heavy atom. The normalized spacial score (nSPS) is 27.2. The van der Waals surface area contributed by atoms with E-state index in [-0.39, 0.29) is 17.5 Å². The van der Waals surface area contributed by atoms with E-state index in [0.29, 0.717) is 18.6 Å². The molecule has 2 fully saturated rings. The Labute approximate surface area is 140 Å². The summed E-state index contributed by atoms with van der Waals surface area (Å²) in [4.78, 5) is 12.4. The van der Waals surface area contributed by atoms with Gasteiger partial charge in [0.25, 0.3) is 5.69 Å². The minimum Gasteiger partial charge on any atom is -0.487 e. The molecule has 3 atom stereocenters. The molecule has 1 aromatic rings. The Morgan fingerprint density at radius 2 is 2.00 bits per heavy atom. The van der Waals surface area contributed by atoms with Crippen molar-refractivity contribution in [3.63, 3.8) is 0 Å². The average Bonchev–Trinajstić information content (AvgIpc) is 2.70. The maximum absolute atomic E-state index is 14.0. The molecule has 2 aliphatic rings. The minimum atomic E-state index is -0.737. The van der Waals surface area contributed by atoms with Crippen LogP contribution >= 0.6 is 0 Å². The summed E-state index contributed by atoms with van der Waals surface area (Å²) in [5.41, 5.74) is -1.01. The number of ether oxygens (including phenoxy) is 1. The van der Waals surface area contributed by atoms with Crippen molar-refractivity contribution in [1.29, 1.82) is 0 Å². The summed E-state index contributed by atoms with van der Waals surface area (Å²) in [6, 6.07) is 4.16. The summed E-state index contributed by atoms with van der Waals surface area (Å²) in [7, 11) is 0. The number of aliphatic hydroxyl groups is 1. The highest BCUT2D eigenvalue weighted by Crippen LogP contribution is 2.38. The molecule has 0 radical (unpaired) electrons.